The van der Waals surface area contributed by atoms with E-state index < -0.39 is 0 Å². The van der Waals surface area contributed by atoms with Gasteiger partial charge in [-0.3, -0.25) is 4.98 Å². The maximum Gasteiger partial charge on any atom is 0.115 e. The third kappa shape index (κ3) is 4.02. The van der Waals surface area contributed by atoms with Crippen LogP contribution in [-0.2, 0) is 4.74 Å². The van der Waals surface area contributed by atoms with Crippen LogP contribution in [0.4, 0.5) is 17.1 Å². The summed E-state index contributed by atoms with van der Waals surface area (Å²) in [4.78, 5) is 9.13. The molecule has 0 bridgehead atoms. The molecule has 1 aromatic carbocycles. The van der Waals surface area contributed by atoms with E-state index in [4.69, 9.17) is 4.74 Å². The number of hydrogen-bond acceptors (Lipinski definition) is 6. The minimum atomic E-state index is 0.312. The van der Waals surface area contributed by atoms with Gasteiger partial charge in [0.2, 0.25) is 0 Å². The van der Waals surface area contributed by atoms with Gasteiger partial charge in [-0.15, -0.1) is 0 Å². The third-order valence-electron chi connectivity index (χ3n) is 5.11. The fourth-order valence-electron chi connectivity index (χ4n) is 3.73. The van der Waals surface area contributed by atoms with Crippen molar-refractivity contribution in [1.82, 2.24) is 4.98 Å². The molecule has 2 aliphatic heterocycles. The number of pyridine rings is 1. The first-order chi connectivity index (χ1) is 12.8. The summed E-state index contributed by atoms with van der Waals surface area (Å²) >= 11 is 0. The Morgan fingerprint density at radius 1 is 1.00 bits per heavy atom. The average Bonchev–Trinajstić information content (AvgIpc) is 2.70. The molecule has 26 heavy (non-hydrogen) atoms. The molecule has 2 aromatic rings. The van der Waals surface area contributed by atoms with Crippen LogP contribution >= 0.6 is 0 Å². The number of morpholine rings is 1. The maximum absolute atomic E-state index is 9.49. The lowest BCUT2D eigenvalue weighted by atomic mass is 10.0. The molecule has 0 unspecified atom stereocenters. The van der Waals surface area contributed by atoms with E-state index in [9.17, 15) is 5.11 Å². The number of ether oxygens (including phenoxy) is 1. The van der Waals surface area contributed by atoms with E-state index >= 15 is 0 Å². The van der Waals surface area contributed by atoms with Gasteiger partial charge in [0.05, 0.1) is 37.0 Å². The van der Waals surface area contributed by atoms with Crippen molar-refractivity contribution in [3.05, 3.63) is 42.7 Å². The molecule has 2 aliphatic rings. The topological polar surface area (TPSA) is 60.9 Å². The van der Waals surface area contributed by atoms with Crippen LogP contribution in [0.3, 0.4) is 0 Å². The molecule has 6 nitrogen and oxygen atoms in total. The Morgan fingerprint density at radius 3 is 2.62 bits per heavy atom. The Morgan fingerprint density at radius 2 is 1.81 bits per heavy atom. The van der Waals surface area contributed by atoms with Gasteiger partial charge in [0.1, 0.15) is 5.75 Å². The molecule has 0 saturated carbocycles. The van der Waals surface area contributed by atoms with Gasteiger partial charge in [-0.25, -0.2) is 0 Å². The minimum Gasteiger partial charge on any atom is -0.508 e. The highest BCUT2D eigenvalue weighted by Crippen LogP contribution is 2.25. The lowest BCUT2D eigenvalue weighted by Crippen LogP contribution is -2.42. The second-order valence-corrected chi connectivity index (χ2v) is 6.98. The van der Waals surface area contributed by atoms with Gasteiger partial charge < -0.3 is 25.0 Å². The molecule has 2 fully saturated rings. The van der Waals surface area contributed by atoms with Gasteiger partial charge in [-0.1, -0.05) is 0 Å². The molecule has 1 aromatic heterocycles. The van der Waals surface area contributed by atoms with Crippen LogP contribution in [0.5, 0.6) is 5.75 Å². The fourth-order valence-corrected chi connectivity index (χ4v) is 3.73. The van der Waals surface area contributed by atoms with E-state index in [1.807, 2.05) is 24.5 Å². The number of phenols is 1. The molecule has 0 spiro atoms. The lowest BCUT2D eigenvalue weighted by molar-refractivity contribution is 0.122. The molecule has 6 heteroatoms. The number of piperidine rings is 1. The van der Waals surface area contributed by atoms with E-state index in [1.165, 1.54) is 0 Å². The van der Waals surface area contributed by atoms with Crippen LogP contribution in [0, 0.1) is 0 Å². The molecule has 3 heterocycles. The lowest BCUT2D eigenvalue weighted by Gasteiger charge is -2.35. The third-order valence-corrected chi connectivity index (χ3v) is 5.11. The summed E-state index contributed by atoms with van der Waals surface area (Å²) in [6.45, 7) is 5.40. The minimum absolute atomic E-state index is 0.312. The number of phenolic OH excluding ortho intramolecular Hbond substituents is 1. The number of nitrogens with zero attached hydrogens (tertiary/aromatic N) is 3. The first-order valence-electron chi connectivity index (χ1n) is 9.36. The fraction of sp³-hybridized carbons (Fsp3) is 0.450. The van der Waals surface area contributed by atoms with Gasteiger partial charge in [0, 0.05) is 37.9 Å². The number of hydrogen-bond donors (Lipinski definition) is 2. The first kappa shape index (κ1) is 17.0. The highest BCUT2D eigenvalue weighted by atomic mass is 16.5. The number of rotatable bonds is 4. The second kappa shape index (κ2) is 7.83. The Balaban J connectivity index is 1.41. The predicted molar refractivity (Wildman–Crippen MR) is 104 cm³/mol. The van der Waals surface area contributed by atoms with Crippen molar-refractivity contribution in [3.63, 3.8) is 0 Å². The molecule has 4 rings (SSSR count). The number of aromatic hydroxyl groups is 1. The summed E-state index contributed by atoms with van der Waals surface area (Å²) in [7, 11) is 0. The first-order valence-corrected chi connectivity index (χ1v) is 9.36. The molecule has 2 saturated heterocycles. The molecule has 0 amide bonds. The van der Waals surface area contributed by atoms with Crippen molar-refractivity contribution in [2.24, 2.45) is 0 Å². The summed E-state index contributed by atoms with van der Waals surface area (Å²) in [5, 5.41) is 13.1. The van der Waals surface area contributed by atoms with E-state index in [0.29, 0.717) is 11.8 Å². The quantitative estimate of drug-likeness (QED) is 0.880. The Kier molecular flexibility index (Phi) is 5.11. The van der Waals surface area contributed by atoms with E-state index in [2.05, 4.69) is 26.2 Å². The predicted octanol–water partition coefficient (Wildman–Crippen LogP) is 2.70. The number of aromatic nitrogens is 1. The molecule has 0 aliphatic carbocycles. The van der Waals surface area contributed by atoms with Crippen LogP contribution in [0.15, 0.2) is 42.7 Å². The highest BCUT2D eigenvalue weighted by molar-refractivity contribution is 5.57. The van der Waals surface area contributed by atoms with Crippen LogP contribution in [0.1, 0.15) is 12.8 Å². The summed E-state index contributed by atoms with van der Waals surface area (Å²) in [5.74, 6) is 0.312. The SMILES string of the molecule is Oc1ccc(N2CCC[C@@H](Nc3cncc(N4CCOCC4)c3)C2)cc1. The normalized spacial score (nSPS) is 20.8. The zero-order valence-corrected chi connectivity index (χ0v) is 15.0. The average molecular weight is 354 g/mol. The van der Waals surface area contributed by atoms with E-state index in [0.717, 1.165) is 69.3 Å². The summed E-state index contributed by atoms with van der Waals surface area (Å²) in [5.41, 5.74) is 3.39. The number of benzene rings is 1. The number of anilines is 3. The standard InChI is InChI=1S/C20H26N4O2/c25-20-5-3-18(4-6-20)24-7-1-2-16(15-24)22-17-12-19(14-21-13-17)23-8-10-26-11-9-23/h3-6,12-14,16,22,25H,1-2,7-11,15H2/t16-/m1/s1. The van der Waals surface area contributed by atoms with Crippen molar-refractivity contribution < 1.29 is 9.84 Å². The number of nitrogens with one attached hydrogen (secondary N) is 1. The van der Waals surface area contributed by atoms with Crippen LogP contribution < -0.4 is 15.1 Å². The van der Waals surface area contributed by atoms with Gasteiger partial charge in [-0.2, -0.15) is 0 Å². The van der Waals surface area contributed by atoms with Crippen molar-refractivity contribution in [2.75, 3.05) is 54.5 Å². The maximum atomic E-state index is 9.49. The van der Waals surface area contributed by atoms with Crippen molar-refractivity contribution in [1.29, 1.82) is 0 Å². The second-order valence-electron chi connectivity index (χ2n) is 6.98. The van der Waals surface area contributed by atoms with Crippen molar-refractivity contribution in [2.45, 2.75) is 18.9 Å². The van der Waals surface area contributed by atoms with Gasteiger partial charge >= 0.3 is 0 Å². The molecular weight excluding hydrogens is 328 g/mol. The van der Waals surface area contributed by atoms with Crippen LogP contribution in [0.2, 0.25) is 0 Å². The molecule has 1 atom stereocenters. The van der Waals surface area contributed by atoms with Crippen molar-refractivity contribution in [3.8, 4) is 5.75 Å². The largest absolute Gasteiger partial charge is 0.508 e. The van der Waals surface area contributed by atoms with E-state index in [-0.39, 0.29) is 0 Å². The molecule has 2 N–H and O–H groups in total. The zero-order valence-electron chi connectivity index (χ0n) is 15.0. The van der Waals surface area contributed by atoms with Crippen molar-refractivity contribution >= 4 is 17.1 Å². The molecular formula is C20H26N4O2. The van der Waals surface area contributed by atoms with Gasteiger partial charge in [0.25, 0.3) is 0 Å². The van der Waals surface area contributed by atoms with Gasteiger partial charge in [-0.05, 0) is 43.2 Å². The zero-order chi connectivity index (χ0) is 17.8. The summed E-state index contributed by atoms with van der Waals surface area (Å²) < 4.78 is 5.44. The summed E-state index contributed by atoms with van der Waals surface area (Å²) in [6.07, 6.45) is 6.13. The Hall–Kier alpha value is -2.47. The molecule has 0 radical (unpaired) electrons. The Bertz CT molecular complexity index is 716. The Labute approximate surface area is 154 Å². The smallest absolute Gasteiger partial charge is 0.115 e. The summed E-state index contributed by atoms with van der Waals surface area (Å²) in [6, 6.07) is 10.1. The van der Waals surface area contributed by atoms with Gasteiger partial charge in [0.15, 0.2) is 0 Å². The monoisotopic (exact) mass is 354 g/mol. The molecule has 138 valence electrons. The van der Waals surface area contributed by atoms with Crippen LogP contribution in [0.25, 0.3) is 0 Å². The van der Waals surface area contributed by atoms with Crippen LogP contribution in [-0.4, -0.2) is 55.5 Å². The van der Waals surface area contributed by atoms with E-state index in [1.54, 1.807) is 12.1 Å². The highest BCUT2D eigenvalue weighted by Gasteiger charge is 2.20.